The molecule has 0 N–H and O–H groups in total. The van der Waals surface area contributed by atoms with Crippen LogP contribution < -0.4 is 0 Å². The van der Waals surface area contributed by atoms with E-state index in [2.05, 4.69) is 86.7 Å². The fraction of sp³-hybridized carbons (Fsp3) is 0.391. The molecular formula is C23H26N2S3. The predicted octanol–water partition coefficient (Wildman–Crippen LogP) is 8.13. The molecule has 0 aliphatic carbocycles. The minimum absolute atomic E-state index is 0.168. The Morgan fingerprint density at radius 2 is 1.21 bits per heavy atom. The lowest BCUT2D eigenvalue weighted by Gasteiger charge is -2.20. The van der Waals surface area contributed by atoms with Crippen molar-refractivity contribution in [3.63, 3.8) is 0 Å². The maximum atomic E-state index is 4.67. The van der Waals surface area contributed by atoms with Crippen LogP contribution in [0, 0.1) is 0 Å². The van der Waals surface area contributed by atoms with Gasteiger partial charge >= 0.3 is 0 Å². The highest BCUT2D eigenvalue weighted by molar-refractivity contribution is 7.16. The molecule has 0 spiro atoms. The van der Waals surface area contributed by atoms with Crippen molar-refractivity contribution in [2.24, 2.45) is 0 Å². The van der Waals surface area contributed by atoms with Crippen LogP contribution in [0.2, 0.25) is 0 Å². The second kappa shape index (κ2) is 7.05. The van der Waals surface area contributed by atoms with Gasteiger partial charge < -0.3 is 0 Å². The lowest BCUT2D eigenvalue weighted by Crippen LogP contribution is -2.12. The summed E-state index contributed by atoms with van der Waals surface area (Å²) in [6.45, 7) is 13.7. The van der Waals surface area contributed by atoms with E-state index in [1.54, 1.807) is 0 Å². The van der Waals surface area contributed by atoms with Gasteiger partial charge in [-0.3, -0.25) is 0 Å². The van der Waals surface area contributed by atoms with Gasteiger partial charge in [0.25, 0.3) is 0 Å². The quantitative estimate of drug-likeness (QED) is 0.329. The van der Waals surface area contributed by atoms with Crippen molar-refractivity contribution in [3.05, 3.63) is 46.2 Å². The Morgan fingerprint density at radius 1 is 0.714 bits per heavy atom. The zero-order chi connectivity index (χ0) is 20.1. The standard InChI is InChI=1S/C23H26N2S3/c1-7-23(5,6)19-13-11-17(27-19)15-9-8-14(20-21(15)25-28-24-20)16-10-12-18(26-16)22(2,3)4/h8-13H,7H2,1-6H3. The minimum atomic E-state index is 0.168. The normalized spacial score (nSPS) is 12.8. The molecule has 28 heavy (non-hydrogen) atoms. The first-order chi connectivity index (χ1) is 13.2. The third-order valence-electron chi connectivity index (χ3n) is 5.45. The van der Waals surface area contributed by atoms with E-state index in [-0.39, 0.29) is 10.8 Å². The zero-order valence-electron chi connectivity index (χ0n) is 17.3. The molecule has 2 nitrogen and oxygen atoms in total. The van der Waals surface area contributed by atoms with Gasteiger partial charge in [0.15, 0.2) is 0 Å². The number of rotatable bonds is 4. The van der Waals surface area contributed by atoms with Crippen LogP contribution in [-0.2, 0) is 10.8 Å². The van der Waals surface area contributed by atoms with E-state index < -0.39 is 0 Å². The van der Waals surface area contributed by atoms with Crippen LogP contribution in [0.25, 0.3) is 31.9 Å². The second-order valence-electron chi connectivity index (χ2n) is 8.94. The van der Waals surface area contributed by atoms with E-state index in [9.17, 15) is 0 Å². The van der Waals surface area contributed by atoms with Gasteiger partial charge in [-0.2, -0.15) is 8.75 Å². The lowest BCUT2D eigenvalue weighted by atomic mass is 9.89. The fourth-order valence-electron chi connectivity index (χ4n) is 3.17. The van der Waals surface area contributed by atoms with E-state index in [4.69, 9.17) is 0 Å². The van der Waals surface area contributed by atoms with Crippen molar-refractivity contribution in [2.75, 3.05) is 0 Å². The van der Waals surface area contributed by atoms with E-state index in [0.29, 0.717) is 0 Å². The Hall–Kier alpha value is -1.56. The third kappa shape index (κ3) is 3.44. The van der Waals surface area contributed by atoms with Crippen molar-refractivity contribution in [1.29, 1.82) is 0 Å². The van der Waals surface area contributed by atoms with Crippen LogP contribution in [0.4, 0.5) is 0 Å². The van der Waals surface area contributed by atoms with Crippen molar-refractivity contribution < 1.29 is 0 Å². The van der Waals surface area contributed by atoms with Crippen LogP contribution in [0.1, 0.15) is 57.7 Å². The van der Waals surface area contributed by atoms with Gasteiger partial charge in [-0.15, -0.1) is 22.7 Å². The van der Waals surface area contributed by atoms with E-state index >= 15 is 0 Å². The zero-order valence-corrected chi connectivity index (χ0v) is 19.7. The highest BCUT2D eigenvalue weighted by Crippen LogP contribution is 2.42. The van der Waals surface area contributed by atoms with Crippen LogP contribution in [0.3, 0.4) is 0 Å². The number of benzene rings is 1. The molecule has 3 heterocycles. The molecule has 4 rings (SSSR count). The molecule has 0 unspecified atom stereocenters. The van der Waals surface area contributed by atoms with Gasteiger partial charge in [0, 0.05) is 30.6 Å². The highest BCUT2D eigenvalue weighted by Gasteiger charge is 2.23. The predicted molar refractivity (Wildman–Crippen MR) is 126 cm³/mol. The summed E-state index contributed by atoms with van der Waals surface area (Å²) in [5, 5.41) is 0. The average Bonchev–Trinajstić information content (AvgIpc) is 3.39. The van der Waals surface area contributed by atoms with Crippen molar-refractivity contribution >= 4 is 45.4 Å². The topological polar surface area (TPSA) is 25.8 Å². The summed E-state index contributed by atoms with van der Waals surface area (Å²) in [6, 6.07) is 13.4. The van der Waals surface area contributed by atoms with Crippen LogP contribution in [0.15, 0.2) is 36.4 Å². The highest BCUT2D eigenvalue weighted by atomic mass is 32.1. The van der Waals surface area contributed by atoms with Crippen molar-refractivity contribution in [3.8, 4) is 20.9 Å². The Morgan fingerprint density at radius 3 is 1.68 bits per heavy atom. The van der Waals surface area contributed by atoms with Crippen LogP contribution in [0.5, 0.6) is 0 Å². The van der Waals surface area contributed by atoms with E-state index in [0.717, 1.165) is 17.5 Å². The molecule has 3 aromatic heterocycles. The summed E-state index contributed by atoms with van der Waals surface area (Å²) in [5.41, 5.74) is 4.82. The summed E-state index contributed by atoms with van der Waals surface area (Å²) >= 11 is 5.06. The molecule has 0 fully saturated rings. The molecule has 0 radical (unpaired) electrons. The maximum absolute atomic E-state index is 4.67. The Balaban J connectivity index is 1.80. The molecule has 146 valence electrons. The molecule has 5 heteroatoms. The monoisotopic (exact) mass is 426 g/mol. The third-order valence-corrected chi connectivity index (χ3v) is 9.01. The number of hydrogen-bond donors (Lipinski definition) is 0. The Bertz CT molecular complexity index is 1120. The minimum Gasteiger partial charge on any atom is -0.172 e. The average molecular weight is 427 g/mol. The molecule has 4 aromatic rings. The largest absolute Gasteiger partial charge is 0.172 e. The summed E-state index contributed by atoms with van der Waals surface area (Å²) in [6.07, 6.45) is 1.13. The van der Waals surface area contributed by atoms with Crippen LogP contribution in [-0.4, -0.2) is 8.75 Å². The molecule has 0 bridgehead atoms. The molecule has 1 aromatic carbocycles. The Kier molecular flexibility index (Phi) is 4.97. The first-order valence-corrected chi connectivity index (χ1v) is 12.0. The maximum Gasteiger partial charge on any atom is 0.114 e. The summed E-state index contributed by atoms with van der Waals surface area (Å²) in [7, 11) is 0. The molecule has 0 amide bonds. The van der Waals surface area contributed by atoms with Gasteiger partial charge in [-0.25, -0.2) is 0 Å². The number of fused-ring (bicyclic) bond motifs is 1. The molecule has 0 saturated heterocycles. The number of thiophene rings is 2. The number of aromatic nitrogens is 2. The first kappa shape index (κ1) is 19.7. The molecule has 0 aliphatic heterocycles. The molecule has 0 saturated carbocycles. The van der Waals surface area contributed by atoms with Gasteiger partial charge in [-0.05, 0) is 41.5 Å². The molecule has 0 aliphatic rings. The van der Waals surface area contributed by atoms with Gasteiger partial charge in [-0.1, -0.05) is 53.7 Å². The second-order valence-corrected chi connectivity index (χ2v) is 11.6. The smallest absolute Gasteiger partial charge is 0.114 e. The molecule has 0 atom stereocenters. The van der Waals surface area contributed by atoms with E-state index in [1.807, 2.05) is 22.7 Å². The van der Waals surface area contributed by atoms with Crippen LogP contribution >= 0.6 is 34.4 Å². The summed E-state index contributed by atoms with van der Waals surface area (Å²) in [4.78, 5) is 5.38. The summed E-state index contributed by atoms with van der Waals surface area (Å²) in [5.74, 6) is 0. The lowest BCUT2D eigenvalue weighted by molar-refractivity contribution is 0.517. The van der Waals surface area contributed by atoms with E-state index in [1.165, 1.54) is 42.4 Å². The Labute approximate surface area is 179 Å². The van der Waals surface area contributed by atoms with Gasteiger partial charge in [0.2, 0.25) is 0 Å². The van der Waals surface area contributed by atoms with Gasteiger partial charge in [0.1, 0.15) is 11.0 Å². The fourth-order valence-corrected chi connectivity index (χ4v) is 6.04. The first-order valence-electron chi connectivity index (χ1n) is 9.67. The number of hydrogen-bond acceptors (Lipinski definition) is 5. The van der Waals surface area contributed by atoms with Crippen molar-refractivity contribution in [2.45, 2.75) is 58.8 Å². The summed E-state index contributed by atoms with van der Waals surface area (Å²) < 4.78 is 9.34. The number of nitrogens with zero attached hydrogens (tertiary/aromatic N) is 2. The van der Waals surface area contributed by atoms with Gasteiger partial charge in [0.05, 0.1) is 11.7 Å². The SMILES string of the molecule is CCC(C)(C)c1ccc(-c2ccc(-c3ccc(C(C)(C)C)s3)c3nsnc23)s1. The van der Waals surface area contributed by atoms with Crippen molar-refractivity contribution in [1.82, 2.24) is 8.75 Å². The molecular weight excluding hydrogens is 400 g/mol.